The summed E-state index contributed by atoms with van der Waals surface area (Å²) in [6.07, 6.45) is 7.38. The Balaban J connectivity index is 1.70. The fourth-order valence-corrected chi connectivity index (χ4v) is 5.82. The zero-order valence-electron chi connectivity index (χ0n) is 11.9. The van der Waals surface area contributed by atoms with E-state index in [4.69, 9.17) is 0 Å². The highest BCUT2D eigenvalue weighted by Gasteiger charge is 2.40. The van der Waals surface area contributed by atoms with Crippen LogP contribution in [0.25, 0.3) is 0 Å². The second kappa shape index (κ2) is 5.87. The molecule has 1 N–H and O–H groups in total. The Labute approximate surface area is 129 Å². The van der Waals surface area contributed by atoms with E-state index in [0.717, 1.165) is 24.3 Å². The zero-order chi connectivity index (χ0) is 13.4. The van der Waals surface area contributed by atoms with Crippen LogP contribution >= 0.6 is 27.3 Å². The smallest absolute Gasteiger partial charge is 0.0417 e. The Morgan fingerprint density at radius 3 is 2.79 bits per heavy atom. The van der Waals surface area contributed by atoms with Crippen molar-refractivity contribution in [1.82, 2.24) is 5.32 Å². The third kappa shape index (κ3) is 2.93. The predicted molar refractivity (Wildman–Crippen MR) is 86.7 cm³/mol. The minimum absolute atomic E-state index is 0.573. The van der Waals surface area contributed by atoms with Crippen molar-refractivity contribution in [3.63, 3.8) is 0 Å². The molecule has 0 radical (unpaired) electrons. The molecule has 19 heavy (non-hydrogen) atoms. The topological polar surface area (TPSA) is 12.0 Å². The van der Waals surface area contributed by atoms with Crippen LogP contribution in [0.3, 0.4) is 0 Å². The first-order chi connectivity index (χ1) is 9.17. The lowest BCUT2D eigenvalue weighted by Crippen LogP contribution is -2.24. The molecule has 0 aromatic carbocycles. The average Bonchev–Trinajstić information content (AvgIpc) is 3.06. The molecule has 3 heteroatoms. The van der Waals surface area contributed by atoms with Crippen molar-refractivity contribution in [2.24, 2.45) is 17.8 Å². The lowest BCUT2D eigenvalue weighted by Gasteiger charge is -2.26. The summed E-state index contributed by atoms with van der Waals surface area (Å²) in [5.41, 5.74) is 0. The Bertz CT molecular complexity index is 422. The first kappa shape index (κ1) is 14.1. The quantitative estimate of drug-likeness (QED) is 0.766. The van der Waals surface area contributed by atoms with Crippen LogP contribution in [0, 0.1) is 24.7 Å². The van der Waals surface area contributed by atoms with Gasteiger partial charge in [-0.2, -0.15) is 0 Å². The minimum Gasteiger partial charge on any atom is -0.310 e. The van der Waals surface area contributed by atoms with Crippen LogP contribution in [0.15, 0.2) is 10.5 Å². The second-order valence-electron chi connectivity index (χ2n) is 6.33. The van der Waals surface area contributed by atoms with Crippen LogP contribution in [0.1, 0.15) is 54.8 Å². The van der Waals surface area contributed by atoms with Gasteiger partial charge in [-0.05, 0) is 78.9 Å². The third-order valence-corrected chi connectivity index (χ3v) is 7.34. The maximum Gasteiger partial charge on any atom is 0.0417 e. The number of rotatable bonds is 5. The molecule has 1 aromatic rings. The highest BCUT2D eigenvalue weighted by molar-refractivity contribution is 9.10. The van der Waals surface area contributed by atoms with Gasteiger partial charge in [-0.3, -0.25) is 0 Å². The van der Waals surface area contributed by atoms with E-state index >= 15 is 0 Å². The number of halogens is 1. The van der Waals surface area contributed by atoms with E-state index in [1.165, 1.54) is 46.3 Å². The van der Waals surface area contributed by atoms with Gasteiger partial charge in [0.2, 0.25) is 0 Å². The number of thiophene rings is 1. The van der Waals surface area contributed by atoms with Crippen molar-refractivity contribution in [3.8, 4) is 0 Å². The molecular formula is C16H24BrNS. The Morgan fingerprint density at radius 2 is 2.26 bits per heavy atom. The Hall–Kier alpha value is 0.140. The molecule has 1 nitrogen and oxygen atoms in total. The van der Waals surface area contributed by atoms with Gasteiger partial charge in [0, 0.05) is 20.3 Å². The molecule has 3 rings (SSSR count). The largest absolute Gasteiger partial charge is 0.310 e. The van der Waals surface area contributed by atoms with Gasteiger partial charge in [-0.15, -0.1) is 11.3 Å². The summed E-state index contributed by atoms with van der Waals surface area (Å²) in [5, 5.41) is 3.72. The summed E-state index contributed by atoms with van der Waals surface area (Å²) in [7, 11) is 0. The molecule has 2 aliphatic rings. The molecule has 2 fully saturated rings. The van der Waals surface area contributed by atoms with E-state index in [1.54, 1.807) is 0 Å². The van der Waals surface area contributed by atoms with E-state index in [2.05, 4.69) is 41.2 Å². The molecule has 0 spiro atoms. The van der Waals surface area contributed by atoms with Crippen LogP contribution in [0.4, 0.5) is 0 Å². The normalized spacial score (nSPS) is 31.0. The van der Waals surface area contributed by atoms with Crippen LogP contribution in [0.5, 0.6) is 0 Å². The number of fused-ring (bicyclic) bond motifs is 2. The summed E-state index contributed by atoms with van der Waals surface area (Å²) in [4.78, 5) is 2.93. The lowest BCUT2D eigenvalue weighted by molar-refractivity contribution is 0.282. The van der Waals surface area contributed by atoms with Crippen molar-refractivity contribution in [2.75, 3.05) is 6.54 Å². The van der Waals surface area contributed by atoms with E-state index in [0.29, 0.717) is 6.04 Å². The summed E-state index contributed by atoms with van der Waals surface area (Å²) < 4.78 is 1.28. The maximum atomic E-state index is 3.72. The van der Waals surface area contributed by atoms with Gasteiger partial charge in [0.25, 0.3) is 0 Å². The van der Waals surface area contributed by atoms with E-state index in [9.17, 15) is 0 Å². The molecular weight excluding hydrogens is 318 g/mol. The lowest BCUT2D eigenvalue weighted by atomic mass is 9.84. The SMILES string of the molecule is CCNC(CC1CC2CCC1C2)c1cc(Br)c(C)s1. The van der Waals surface area contributed by atoms with Crippen molar-refractivity contribution in [3.05, 3.63) is 20.3 Å². The Morgan fingerprint density at radius 1 is 1.42 bits per heavy atom. The van der Waals surface area contributed by atoms with Crippen molar-refractivity contribution in [1.29, 1.82) is 0 Å². The van der Waals surface area contributed by atoms with E-state index in [1.807, 2.05) is 11.3 Å². The number of hydrogen-bond acceptors (Lipinski definition) is 2. The van der Waals surface area contributed by atoms with Gasteiger partial charge in [-0.1, -0.05) is 13.3 Å². The number of hydrogen-bond donors (Lipinski definition) is 1. The first-order valence-electron chi connectivity index (χ1n) is 7.66. The summed E-state index contributed by atoms with van der Waals surface area (Å²) >= 11 is 5.62. The molecule has 2 saturated carbocycles. The van der Waals surface area contributed by atoms with Gasteiger partial charge in [0.05, 0.1) is 0 Å². The Kier molecular flexibility index (Phi) is 4.35. The molecule has 1 heterocycles. The zero-order valence-corrected chi connectivity index (χ0v) is 14.3. The number of aryl methyl sites for hydroxylation is 1. The third-order valence-electron chi connectivity index (χ3n) is 5.09. The molecule has 0 amide bonds. The molecule has 4 atom stereocenters. The van der Waals surface area contributed by atoms with Crippen LogP contribution < -0.4 is 5.32 Å². The van der Waals surface area contributed by atoms with Crippen molar-refractivity contribution >= 4 is 27.3 Å². The number of nitrogens with one attached hydrogen (secondary N) is 1. The molecule has 0 aliphatic heterocycles. The van der Waals surface area contributed by atoms with Gasteiger partial charge in [0.1, 0.15) is 0 Å². The first-order valence-corrected chi connectivity index (χ1v) is 9.27. The maximum absolute atomic E-state index is 3.72. The van der Waals surface area contributed by atoms with Gasteiger partial charge >= 0.3 is 0 Å². The van der Waals surface area contributed by atoms with Crippen molar-refractivity contribution in [2.45, 2.75) is 52.0 Å². The van der Waals surface area contributed by atoms with Crippen LogP contribution in [-0.4, -0.2) is 6.54 Å². The summed E-state index contributed by atoms with van der Waals surface area (Å²) in [6, 6.07) is 2.91. The van der Waals surface area contributed by atoms with Gasteiger partial charge in [-0.25, -0.2) is 0 Å². The second-order valence-corrected chi connectivity index (χ2v) is 8.48. The summed E-state index contributed by atoms with van der Waals surface area (Å²) in [6.45, 7) is 5.50. The molecule has 106 valence electrons. The molecule has 0 saturated heterocycles. The van der Waals surface area contributed by atoms with Crippen LogP contribution in [-0.2, 0) is 0 Å². The van der Waals surface area contributed by atoms with Gasteiger partial charge in [0.15, 0.2) is 0 Å². The predicted octanol–water partition coefficient (Wildman–Crippen LogP) is 5.30. The fraction of sp³-hybridized carbons (Fsp3) is 0.750. The summed E-state index contributed by atoms with van der Waals surface area (Å²) in [5.74, 6) is 3.08. The molecule has 2 aliphatic carbocycles. The average molecular weight is 342 g/mol. The highest BCUT2D eigenvalue weighted by atomic mass is 79.9. The molecule has 2 bridgehead atoms. The minimum atomic E-state index is 0.573. The molecule has 4 unspecified atom stereocenters. The van der Waals surface area contributed by atoms with Crippen molar-refractivity contribution < 1.29 is 0 Å². The van der Waals surface area contributed by atoms with Crippen LogP contribution in [0.2, 0.25) is 0 Å². The fourth-order valence-electron chi connectivity index (χ4n) is 4.17. The van der Waals surface area contributed by atoms with E-state index in [-0.39, 0.29) is 0 Å². The van der Waals surface area contributed by atoms with E-state index < -0.39 is 0 Å². The van der Waals surface area contributed by atoms with Gasteiger partial charge < -0.3 is 5.32 Å². The monoisotopic (exact) mass is 341 g/mol. The molecule has 1 aromatic heterocycles. The standard InChI is InChI=1S/C16H24BrNS/c1-3-18-15(16-9-14(17)10(2)19-16)8-13-7-11-4-5-12(13)6-11/h9,11-13,15,18H,3-8H2,1-2H3. The highest BCUT2D eigenvalue weighted by Crippen LogP contribution is 2.51.